The van der Waals surface area contributed by atoms with Gasteiger partial charge < -0.3 is 19.6 Å². The SMILES string of the molecule is Cc1c([C@@H](O)CN2CCC3(CC2)CC(=O)N(c2ccc(S(C)(=O)=O)c(F)c2)C3)ccc2c1COC2=O.Cl. The fraction of sp³-hybridized carbons (Fsp3) is 0.462. The topological polar surface area (TPSA) is 104 Å². The smallest absolute Gasteiger partial charge is 0.338 e. The molecule has 8 nitrogen and oxygen atoms in total. The second-order valence-corrected chi connectivity index (χ2v) is 12.2. The van der Waals surface area contributed by atoms with Crippen LogP contribution in [0.3, 0.4) is 0 Å². The third kappa shape index (κ3) is 5.12. The number of carbonyl (C=O) groups excluding carboxylic acids is 2. The van der Waals surface area contributed by atoms with Crippen molar-refractivity contribution >= 4 is 39.8 Å². The van der Waals surface area contributed by atoms with Gasteiger partial charge in [0.2, 0.25) is 5.91 Å². The highest BCUT2D eigenvalue weighted by atomic mass is 35.5. The minimum absolute atomic E-state index is 0. The summed E-state index contributed by atoms with van der Waals surface area (Å²) in [7, 11) is -3.68. The van der Waals surface area contributed by atoms with Gasteiger partial charge in [0.25, 0.3) is 0 Å². The summed E-state index contributed by atoms with van der Waals surface area (Å²) < 4.78 is 43.0. The van der Waals surface area contributed by atoms with Crippen LogP contribution in [0.25, 0.3) is 0 Å². The lowest BCUT2D eigenvalue weighted by Gasteiger charge is -2.39. The summed E-state index contributed by atoms with van der Waals surface area (Å²) in [4.78, 5) is 28.0. The summed E-state index contributed by atoms with van der Waals surface area (Å²) in [5, 5.41) is 10.9. The van der Waals surface area contributed by atoms with Crippen LogP contribution in [-0.4, -0.2) is 62.7 Å². The molecule has 1 spiro atoms. The Hall–Kier alpha value is -2.53. The number of hydrogen-bond acceptors (Lipinski definition) is 7. The summed E-state index contributed by atoms with van der Waals surface area (Å²) >= 11 is 0. The van der Waals surface area contributed by atoms with E-state index in [0.717, 1.165) is 41.9 Å². The number of esters is 1. The number of aliphatic hydroxyl groups excluding tert-OH is 1. The van der Waals surface area contributed by atoms with Crippen molar-refractivity contribution in [2.24, 2.45) is 5.41 Å². The van der Waals surface area contributed by atoms with Gasteiger partial charge in [-0.1, -0.05) is 6.07 Å². The third-order valence-corrected chi connectivity index (χ3v) is 8.99. The molecule has 2 aromatic rings. The number of fused-ring (bicyclic) bond motifs is 1. The Morgan fingerprint density at radius 2 is 1.86 bits per heavy atom. The fourth-order valence-corrected chi connectivity index (χ4v) is 6.43. The molecule has 5 rings (SSSR count). The molecule has 1 amide bonds. The minimum Gasteiger partial charge on any atom is -0.457 e. The Kier molecular flexibility index (Phi) is 7.42. The van der Waals surface area contributed by atoms with E-state index >= 15 is 0 Å². The van der Waals surface area contributed by atoms with Gasteiger partial charge in [-0.3, -0.25) is 4.79 Å². The molecule has 0 unspecified atom stereocenters. The highest BCUT2D eigenvalue weighted by Crippen LogP contribution is 2.43. The molecule has 2 aromatic carbocycles. The molecule has 2 fully saturated rings. The van der Waals surface area contributed by atoms with Gasteiger partial charge in [0.15, 0.2) is 9.84 Å². The number of aliphatic hydroxyl groups is 1. The standard InChI is InChI=1S/C26H29FN2O6S.ClH/c1-16-18(4-5-19-20(16)14-35-25(19)32)22(30)13-28-9-7-26(8-10-28)12-24(31)29(15-26)17-3-6-23(21(27)11-17)36(2,33)34;/h3-6,11,22,30H,7-10,12-15H2,1-2H3;1H/t22-;/m0./s1. The summed E-state index contributed by atoms with van der Waals surface area (Å²) in [5.41, 5.74) is 3.20. The highest BCUT2D eigenvalue weighted by Gasteiger charge is 2.45. The van der Waals surface area contributed by atoms with Crippen LogP contribution in [0, 0.1) is 18.2 Å². The Bertz CT molecular complexity index is 1360. The van der Waals surface area contributed by atoms with Gasteiger partial charge in [0.1, 0.15) is 17.3 Å². The van der Waals surface area contributed by atoms with Crippen molar-refractivity contribution < 1.29 is 32.2 Å². The van der Waals surface area contributed by atoms with Gasteiger partial charge >= 0.3 is 5.97 Å². The molecule has 2 saturated heterocycles. The van der Waals surface area contributed by atoms with Crippen LogP contribution < -0.4 is 4.90 Å². The minimum atomic E-state index is -3.68. The number of cyclic esters (lactones) is 1. The average molecular weight is 553 g/mol. The summed E-state index contributed by atoms with van der Waals surface area (Å²) in [5.74, 6) is -1.28. The van der Waals surface area contributed by atoms with E-state index in [1.54, 1.807) is 17.0 Å². The van der Waals surface area contributed by atoms with Crippen molar-refractivity contribution in [2.75, 3.05) is 37.3 Å². The molecule has 11 heteroatoms. The number of benzene rings is 2. The number of amides is 1. The number of piperidine rings is 1. The van der Waals surface area contributed by atoms with Crippen LogP contribution in [0.15, 0.2) is 35.2 Å². The summed E-state index contributed by atoms with van der Waals surface area (Å²) in [6.45, 7) is 4.46. The molecule has 0 aliphatic carbocycles. The van der Waals surface area contributed by atoms with Gasteiger partial charge in [-0.15, -0.1) is 12.4 Å². The molecule has 3 aliphatic heterocycles. The van der Waals surface area contributed by atoms with E-state index in [4.69, 9.17) is 4.74 Å². The largest absolute Gasteiger partial charge is 0.457 e. The van der Waals surface area contributed by atoms with Gasteiger partial charge in [-0.05, 0) is 73.7 Å². The van der Waals surface area contributed by atoms with Crippen molar-refractivity contribution in [1.29, 1.82) is 0 Å². The third-order valence-electron chi connectivity index (χ3n) is 7.86. The van der Waals surface area contributed by atoms with E-state index in [0.29, 0.717) is 43.9 Å². The van der Waals surface area contributed by atoms with E-state index in [1.807, 2.05) is 6.92 Å². The van der Waals surface area contributed by atoms with E-state index in [9.17, 15) is 27.5 Å². The maximum atomic E-state index is 14.4. The van der Waals surface area contributed by atoms with Crippen molar-refractivity contribution in [3.8, 4) is 0 Å². The first-order valence-electron chi connectivity index (χ1n) is 12.0. The second-order valence-electron chi connectivity index (χ2n) is 10.2. The second kappa shape index (κ2) is 9.98. The predicted molar refractivity (Wildman–Crippen MR) is 137 cm³/mol. The molecule has 0 radical (unpaired) electrons. The normalized spacial score (nSPS) is 20.1. The first-order chi connectivity index (χ1) is 17.0. The number of likely N-dealkylation sites (tertiary alicyclic amines) is 1. The van der Waals surface area contributed by atoms with Crippen LogP contribution in [0.4, 0.5) is 10.1 Å². The van der Waals surface area contributed by atoms with Crippen LogP contribution >= 0.6 is 12.4 Å². The van der Waals surface area contributed by atoms with Crippen LogP contribution in [-0.2, 0) is 26.0 Å². The quantitative estimate of drug-likeness (QED) is 0.568. The predicted octanol–water partition coefficient (Wildman–Crippen LogP) is 3.18. The molecule has 3 heterocycles. The van der Waals surface area contributed by atoms with E-state index in [1.165, 1.54) is 12.1 Å². The van der Waals surface area contributed by atoms with E-state index in [-0.39, 0.29) is 41.2 Å². The van der Waals surface area contributed by atoms with E-state index in [2.05, 4.69) is 4.90 Å². The van der Waals surface area contributed by atoms with Crippen LogP contribution in [0.5, 0.6) is 0 Å². The Morgan fingerprint density at radius 1 is 1.16 bits per heavy atom. The number of hydrogen-bond donors (Lipinski definition) is 1. The summed E-state index contributed by atoms with van der Waals surface area (Å²) in [6.07, 6.45) is 2.12. The number of β-amino-alcohol motifs (C(OH)–C–C–N with tert-alkyl or cyclic N) is 1. The number of anilines is 1. The maximum absolute atomic E-state index is 14.4. The van der Waals surface area contributed by atoms with Gasteiger partial charge in [0.05, 0.1) is 11.7 Å². The molecule has 200 valence electrons. The van der Waals surface area contributed by atoms with Crippen molar-refractivity contribution in [3.63, 3.8) is 0 Å². The van der Waals surface area contributed by atoms with Crippen LogP contribution in [0.2, 0.25) is 0 Å². The van der Waals surface area contributed by atoms with Crippen molar-refractivity contribution in [2.45, 2.75) is 43.8 Å². The molecule has 1 atom stereocenters. The zero-order valence-corrected chi connectivity index (χ0v) is 22.3. The molecular formula is C26H30ClFN2O6S. The Morgan fingerprint density at radius 3 is 2.51 bits per heavy atom. The average Bonchev–Trinajstić information content (AvgIpc) is 3.35. The molecule has 1 N–H and O–H groups in total. The Balaban J connectivity index is 0.00000320. The molecular weight excluding hydrogens is 523 g/mol. The summed E-state index contributed by atoms with van der Waals surface area (Å²) in [6, 6.07) is 7.32. The molecule has 0 bridgehead atoms. The fourth-order valence-electron chi connectivity index (χ4n) is 5.71. The first-order valence-corrected chi connectivity index (χ1v) is 13.9. The lowest BCUT2D eigenvalue weighted by molar-refractivity contribution is -0.118. The number of rotatable bonds is 5. The Labute approximate surface area is 221 Å². The monoisotopic (exact) mass is 552 g/mol. The first kappa shape index (κ1) is 27.5. The number of sulfone groups is 1. The van der Waals surface area contributed by atoms with Gasteiger partial charge in [-0.25, -0.2) is 17.6 Å². The lowest BCUT2D eigenvalue weighted by Crippen LogP contribution is -2.43. The van der Waals surface area contributed by atoms with Crippen molar-refractivity contribution in [3.05, 3.63) is 58.4 Å². The molecule has 3 aliphatic rings. The molecule has 0 aromatic heterocycles. The number of nitrogens with zero attached hydrogens (tertiary/aromatic N) is 2. The van der Waals surface area contributed by atoms with Crippen molar-refractivity contribution in [1.82, 2.24) is 4.90 Å². The van der Waals surface area contributed by atoms with Gasteiger partial charge in [0, 0.05) is 37.0 Å². The number of carbonyl (C=O) groups is 2. The van der Waals surface area contributed by atoms with Crippen LogP contribution in [0.1, 0.15) is 52.4 Å². The molecule has 0 saturated carbocycles. The molecule has 37 heavy (non-hydrogen) atoms. The highest BCUT2D eigenvalue weighted by molar-refractivity contribution is 7.90. The zero-order valence-electron chi connectivity index (χ0n) is 20.7. The number of ether oxygens (including phenoxy) is 1. The van der Waals surface area contributed by atoms with E-state index < -0.39 is 21.8 Å². The number of halogens is 2. The zero-order chi connectivity index (χ0) is 25.8. The van der Waals surface area contributed by atoms with Gasteiger partial charge in [-0.2, -0.15) is 0 Å². The maximum Gasteiger partial charge on any atom is 0.338 e. The lowest BCUT2D eigenvalue weighted by atomic mass is 9.77.